The molecule has 78 valence electrons. The van der Waals surface area contributed by atoms with Crippen molar-refractivity contribution >= 4 is 9.24 Å². The van der Waals surface area contributed by atoms with Gasteiger partial charge in [0.05, 0.1) is 17.4 Å². The smallest absolute Gasteiger partial charge is 0.0667 e. The minimum Gasteiger partial charge on any atom is -0.392 e. The quantitative estimate of drug-likeness (QED) is 0.746. The molecule has 0 radical (unpaired) electrons. The topological polar surface area (TPSA) is 40.5 Å². The summed E-state index contributed by atoms with van der Waals surface area (Å²) in [7, 11) is 2.56. The van der Waals surface area contributed by atoms with E-state index in [1.807, 2.05) is 30.3 Å². The Bertz CT molecular complexity index is 275. The van der Waals surface area contributed by atoms with E-state index in [0.717, 1.165) is 5.56 Å². The van der Waals surface area contributed by atoms with Crippen LogP contribution < -0.4 is 0 Å². The van der Waals surface area contributed by atoms with Crippen LogP contribution in [0.25, 0.3) is 0 Å². The van der Waals surface area contributed by atoms with Crippen LogP contribution in [0.15, 0.2) is 30.3 Å². The lowest BCUT2D eigenvalue weighted by molar-refractivity contribution is 0.0529. The van der Waals surface area contributed by atoms with Gasteiger partial charge in [0.25, 0.3) is 0 Å². The van der Waals surface area contributed by atoms with Gasteiger partial charge in [0.2, 0.25) is 0 Å². The number of aliphatic hydroxyl groups is 2. The number of rotatable bonds is 3. The zero-order chi connectivity index (χ0) is 10.8. The molecule has 3 unspecified atom stereocenters. The minimum atomic E-state index is -0.679. The van der Waals surface area contributed by atoms with Crippen LogP contribution >= 0.6 is 9.24 Å². The molecule has 0 aliphatic heterocycles. The summed E-state index contributed by atoms with van der Waals surface area (Å²) in [5.74, 6) is 0. The van der Waals surface area contributed by atoms with Crippen LogP contribution in [0.3, 0.4) is 0 Å². The van der Waals surface area contributed by atoms with Crippen molar-refractivity contribution in [3.05, 3.63) is 35.9 Å². The van der Waals surface area contributed by atoms with Gasteiger partial charge in [0.1, 0.15) is 0 Å². The molecule has 2 nitrogen and oxygen atoms in total. The zero-order valence-electron chi connectivity index (χ0n) is 8.51. The molecule has 0 saturated carbocycles. The van der Waals surface area contributed by atoms with Crippen molar-refractivity contribution in [2.45, 2.75) is 31.2 Å². The Morgan fingerprint density at radius 2 is 1.50 bits per heavy atom. The van der Waals surface area contributed by atoms with E-state index in [2.05, 4.69) is 9.24 Å². The maximum absolute atomic E-state index is 9.71. The lowest BCUT2D eigenvalue weighted by Crippen LogP contribution is -2.41. The molecule has 0 aliphatic rings. The molecule has 1 aromatic rings. The van der Waals surface area contributed by atoms with E-state index in [0.29, 0.717) is 0 Å². The molecule has 1 rings (SSSR count). The second kappa shape index (κ2) is 4.39. The van der Waals surface area contributed by atoms with E-state index in [-0.39, 0.29) is 0 Å². The van der Waals surface area contributed by atoms with Gasteiger partial charge in [0, 0.05) is 0 Å². The third-order valence-electron chi connectivity index (χ3n) is 2.66. The van der Waals surface area contributed by atoms with Crippen LogP contribution in [0.5, 0.6) is 0 Å². The molecule has 1 aromatic carbocycles. The Morgan fingerprint density at radius 1 is 1.07 bits per heavy atom. The average Bonchev–Trinajstić information content (AvgIpc) is 2.17. The van der Waals surface area contributed by atoms with Gasteiger partial charge >= 0.3 is 0 Å². The van der Waals surface area contributed by atoms with Gasteiger partial charge in [-0.15, -0.1) is 9.24 Å². The summed E-state index contributed by atoms with van der Waals surface area (Å²) in [6, 6.07) is 9.54. The largest absolute Gasteiger partial charge is 0.392 e. The molecule has 0 fully saturated rings. The van der Waals surface area contributed by atoms with E-state index < -0.39 is 17.4 Å². The summed E-state index contributed by atoms with van der Waals surface area (Å²) in [5, 5.41) is 18.7. The van der Waals surface area contributed by atoms with Gasteiger partial charge in [-0.05, 0) is 19.4 Å². The highest BCUT2D eigenvalue weighted by Crippen LogP contribution is 2.38. The fourth-order valence-corrected chi connectivity index (χ4v) is 1.75. The van der Waals surface area contributed by atoms with Crippen molar-refractivity contribution in [3.8, 4) is 0 Å². The van der Waals surface area contributed by atoms with E-state index in [9.17, 15) is 10.2 Å². The third-order valence-corrected chi connectivity index (χ3v) is 3.95. The summed E-state index contributed by atoms with van der Waals surface area (Å²) in [4.78, 5) is 0. The Morgan fingerprint density at radius 3 is 1.86 bits per heavy atom. The Kier molecular flexibility index (Phi) is 3.65. The first-order chi connectivity index (χ1) is 6.49. The number of benzene rings is 1. The van der Waals surface area contributed by atoms with E-state index >= 15 is 0 Å². The first kappa shape index (κ1) is 11.6. The van der Waals surface area contributed by atoms with Gasteiger partial charge in [-0.1, -0.05) is 30.3 Å². The minimum absolute atomic E-state index is 0.616. The van der Waals surface area contributed by atoms with Crippen molar-refractivity contribution < 1.29 is 10.2 Å². The van der Waals surface area contributed by atoms with Gasteiger partial charge in [0.15, 0.2) is 0 Å². The van der Waals surface area contributed by atoms with E-state index in [1.54, 1.807) is 13.8 Å². The molecule has 0 heterocycles. The summed E-state index contributed by atoms with van der Waals surface area (Å²) in [5.41, 5.74) is 0.926. The third kappa shape index (κ3) is 1.98. The predicted molar refractivity (Wildman–Crippen MR) is 61.2 cm³/mol. The van der Waals surface area contributed by atoms with Crippen LogP contribution in [0.1, 0.15) is 19.4 Å². The lowest BCUT2D eigenvalue weighted by atomic mass is 9.88. The fraction of sp³-hybridized carbons (Fsp3) is 0.455. The highest BCUT2D eigenvalue weighted by molar-refractivity contribution is 7.18. The molecule has 0 amide bonds. The fourth-order valence-electron chi connectivity index (χ4n) is 1.56. The number of hydrogen-bond donors (Lipinski definition) is 2. The maximum Gasteiger partial charge on any atom is 0.0667 e. The van der Waals surface area contributed by atoms with Crippen molar-refractivity contribution in [1.82, 2.24) is 0 Å². The summed E-state index contributed by atoms with van der Waals surface area (Å²) in [6.07, 6.45) is -1.23. The van der Waals surface area contributed by atoms with Gasteiger partial charge < -0.3 is 10.2 Å². The number of aliphatic hydroxyl groups excluding tert-OH is 2. The van der Waals surface area contributed by atoms with E-state index in [1.165, 1.54) is 0 Å². The first-order valence-corrected chi connectivity index (χ1v) is 5.28. The molecule has 3 heteroatoms. The molecule has 0 spiro atoms. The Balaban J connectivity index is 3.13. The van der Waals surface area contributed by atoms with Crippen molar-refractivity contribution in [1.29, 1.82) is 0 Å². The molecule has 0 bridgehead atoms. The Hall–Kier alpha value is -0.430. The van der Waals surface area contributed by atoms with Gasteiger partial charge in [-0.2, -0.15) is 0 Å². The second-order valence-corrected chi connectivity index (χ2v) is 4.61. The highest BCUT2D eigenvalue weighted by atomic mass is 31.0. The summed E-state index contributed by atoms with van der Waals surface area (Å²) >= 11 is 0. The highest BCUT2D eigenvalue weighted by Gasteiger charge is 2.37. The molecule has 0 aliphatic carbocycles. The molecular formula is C11H17O2P. The zero-order valence-corrected chi connectivity index (χ0v) is 9.67. The molecule has 2 N–H and O–H groups in total. The molecule has 3 atom stereocenters. The van der Waals surface area contributed by atoms with Crippen LogP contribution in [0, 0.1) is 0 Å². The number of hydrogen-bond acceptors (Lipinski definition) is 2. The molecular weight excluding hydrogens is 195 g/mol. The van der Waals surface area contributed by atoms with Crippen molar-refractivity contribution in [3.63, 3.8) is 0 Å². The monoisotopic (exact) mass is 212 g/mol. The maximum atomic E-state index is 9.71. The first-order valence-electron chi connectivity index (χ1n) is 4.70. The lowest BCUT2D eigenvalue weighted by Gasteiger charge is -2.35. The Labute approximate surface area is 87.2 Å². The molecule has 0 aromatic heterocycles. The average molecular weight is 212 g/mol. The van der Waals surface area contributed by atoms with Gasteiger partial charge in [-0.25, -0.2) is 0 Å². The summed E-state index contributed by atoms with van der Waals surface area (Å²) < 4.78 is 0. The standard InChI is InChI=1S/C11H17O2P/c1-8(12)11(14,9(2)13)10-6-4-3-5-7-10/h3-9,12-13H,14H2,1-2H3. The second-order valence-electron chi connectivity index (χ2n) is 3.65. The van der Waals surface area contributed by atoms with E-state index in [4.69, 9.17) is 0 Å². The van der Waals surface area contributed by atoms with Crippen LogP contribution in [-0.4, -0.2) is 22.4 Å². The van der Waals surface area contributed by atoms with Crippen LogP contribution in [-0.2, 0) is 5.16 Å². The predicted octanol–water partition coefficient (Wildman–Crippen LogP) is 1.52. The van der Waals surface area contributed by atoms with Crippen molar-refractivity contribution in [2.75, 3.05) is 0 Å². The molecule has 0 saturated heterocycles. The van der Waals surface area contributed by atoms with Crippen LogP contribution in [0.4, 0.5) is 0 Å². The van der Waals surface area contributed by atoms with Crippen LogP contribution in [0.2, 0.25) is 0 Å². The molecule has 14 heavy (non-hydrogen) atoms. The normalized spacial score (nSPS) is 19.8. The van der Waals surface area contributed by atoms with Crippen molar-refractivity contribution in [2.24, 2.45) is 0 Å². The SMILES string of the molecule is CC(O)C(P)(c1ccccc1)C(C)O. The van der Waals surface area contributed by atoms with Gasteiger partial charge in [-0.3, -0.25) is 0 Å². The summed E-state index contributed by atoms with van der Waals surface area (Å²) in [6.45, 7) is 3.37.